The Labute approximate surface area is 259 Å². The zero-order valence-electron chi connectivity index (χ0n) is 26.6. The van der Waals surface area contributed by atoms with E-state index in [9.17, 15) is 9.36 Å². The lowest BCUT2D eigenvalue weighted by atomic mass is 10.1. The molecule has 0 fully saturated rings. The van der Waals surface area contributed by atoms with Crippen LogP contribution in [0, 0.1) is 5.92 Å². The molecule has 0 saturated carbocycles. The van der Waals surface area contributed by atoms with E-state index in [2.05, 4.69) is 10.1 Å². The van der Waals surface area contributed by atoms with E-state index in [0.29, 0.717) is 35.9 Å². The van der Waals surface area contributed by atoms with E-state index in [4.69, 9.17) is 29.2 Å². The lowest BCUT2D eigenvalue weighted by Crippen LogP contribution is -2.44. The number of pyridine rings is 1. The fourth-order valence-electron chi connectivity index (χ4n) is 4.84. The molecule has 12 heteroatoms. The monoisotopic (exact) mass is 625 g/mol. The number of para-hydroxylation sites is 2. The summed E-state index contributed by atoms with van der Waals surface area (Å²) in [5, 5.41) is 3.78. The predicted molar refractivity (Wildman–Crippen MR) is 172 cm³/mol. The second kappa shape index (κ2) is 14.1. The van der Waals surface area contributed by atoms with Crippen molar-refractivity contribution in [2.45, 2.75) is 79.2 Å². The maximum Gasteiger partial charge on any atom is 0.459 e. The molecule has 11 nitrogen and oxygen atoms in total. The number of esters is 1. The summed E-state index contributed by atoms with van der Waals surface area (Å²) in [6.45, 7) is 13.6. The van der Waals surface area contributed by atoms with Gasteiger partial charge in [-0.2, -0.15) is 5.09 Å². The zero-order chi connectivity index (χ0) is 32.1. The number of benzene rings is 2. The summed E-state index contributed by atoms with van der Waals surface area (Å²) in [6.07, 6.45) is 0.589. The van der Waals surface area contributed by atoms with Crippen molar-refractivity contribution in [2.75, 3.05) is 18.9 Å². The van der Waals surface area contributed by atoms with Gasteiger partial charge in [-0.05, 0) is 58.2 Å². The van der Waals surface area contributed by atoms with Gasteiger partial charge in [0.25, 0.3) is 0 Å². The molecule has 0 amide bonds. The fourth-order valence-corrected chi connectivity index (χ4v) is 6.53. The summed E-state index contributed by atoms with van der Waals surface area (Å²) in [5.41, 5.74) is 7.73. The number of fused-ring (bicyclic) bond motifs is 3. The van der Waals surface area contributed by atoms with Crippen LogP contribution in [0.25, 0.3) is 21.9 Å². The van der Waals surface area contributed by atoms with E-state index < -0.39 is 25.4 Å². The van der Waals surface area contributed by atoms with Crippen LogP contribution in [0.2, 0.25) is 0 Å². The lowest BCUT2D eigenvalue weighted by Gasteiger charge is -2.30. The zero-order valence-corrected chi connectivity index (χ0v) is 27.5. The number of nitrogens with two attached hydrogens (primary N) is 1. The van der Waals surface area contributed by atoms with Crippen LogP contribution in [0.4, 0.5) is 5.82 Å². The number of rotatable bonds is 14. The number of carbonyl (C=O) groups excluding carboxylic acids is 1. The van der Waals surface area contributed by atoms with Gasteiger partial charge in [0.2, 0.25) is 0 Å². The number of hydrogen-bond donors (Lipinski definition) is 2. The summed E-state index contributed by atoms with van der Waals surface area (Å²) in [4.78, 5) is 22.6. The third-order valence-corrected chi connectivity index (χ3v) is 8.46. The average molecular weight is 626 g/mol. The van der Waals surface area contributed by atoms with Crippen molar-refractivity contribution in [2.24, 2.45) is 5.92 Å². The Morgan fingerprint density at radius 3 is 2.36 bits per heavy atom. The van der Waals surface area contributed by atoms with Crippen LogP contribution < -0.4 is 15.3 Å². The highest BCUT2D eigenvalue weighted by atomic mass is 31.2. The van der Waals surface area contributed by atoms with Crippen molar-refractivity contribution >= 4 is 41.5 Å². The first kappa shape index (κ1) is 33.4. The van der Waals surface area contributed by atoms with Gasteiger partial charge in [-0.15, -0.1) is 0 Å². The van der Waals surface area contributed by atoms with Gasteiger partial charge in [-0.1, -0.05) is 57.2 Å². The van der Waals surface area contributed by atoms with Crippen LogP contribution >= 0.6 is 7.75 Å². The topological polar surface area (TPSA) is 140 Å². The van der Waals surface area contributed by atoms with Gasteiger partial charge in [-0.25, -0.2) is 14.5 Å². The second-order valence-corrected chi connectivity index (χ2v) is 13.6. The molecule has 2 aromatic heterocycles. The first-order valence-electron chi connectivity index (χ1n) is 15.0. The summed E-state index contributed by atoms with van der Waals surface area (Å²) >= 11 is 0. The van der Waals surface area contributed by atoms with E-state index in [1.54, 1.807) is 45.0 Å². The molecule has 0 unspecified atom stereocenters. The van der Waals surface area contributed by atoms with E-state index in [0.717, 1.165) is 16.4 Å². The van der Waals surface area contributed by atoms with Gasteiger partial charge in [0.05, 0.1) is 23.7 Å². The Hall–Kier alpha value is -3.50. The minimum Gasteiger partial charge on any atom is -0.459 e. The Balaban J connectivity index is 1.75. The van der Waals surface area contributed by atoms with E-state index in [1.165, 1.54) is 0 Å². The van der Waals surface area contributed by atoms with Crippen LogP contribution in [0.5, 0.6) is 5.75 Å². The molecule has 238 valence electrons. The fraction of sp³-hybridized carbons (Fsp3) is 0.469. The van der Waals surface area contributed by atoms with Crippen molar-refractivity contribution in [3.8, 4) is 5.75 Å². The minimum absolute atomic E-state index is 0.0338. The van der Waals surface area contributed by atoms with Crippen molar-refractivity contribution in [3.05, 3.63) is 60.4 Å². The quantitative estimate of drug-likeness (QED) is 0.113. The van der Waals surface area contributed by atoms with Crippen molar-refractivity contribution < 1.29 is 27.9 Å². The highest BCUT2D eigenvalue weighted by molar-refractivity contribution is 7.52. The van der Waals surface area contributed by atoms with E-state index in [-0.39, 0.29) is 25.2 Å². The highest BCUT2D eigenvalue weighted by Gasteiger charge is 2.38. The molecule has 0 saturated heterocycles. The molecule has 2 aromatic carbocycles. The molecule has 4 rings (SSSR count). The molecule has 4 aromatic rings. The van der Waals surface area contributed by atoms with Gasteiger partial charge in [0.1, 0.15) is 35.3 Å². The molecule has 0 bridgehead atoms. The van der Waals surface area contributed by atoms with Gasteiger partial charge < -0.3 is 24.3 Å². The molecular formula is C32H44N5O6P. The van der Waals surface area contributed by atoms with Crippen LogP contribution in [0.1, 0.15) is 66.8 Å². The number of carbonyl (C=O) groups is 1. The number of nitrogen functional groups attached to an aromatic ring is 1. The average Bonchev–Trinajstić information content (AvgIpc) is 3.35. The molecule has 2 heterocycles. The van der Waals surface area contributed by atoms with Crippen molar-refractivity contribution in [1.82, 2.24) is 19.6 Å². The largest absolute Gasteiger partial charge is 0.459 e. The van der Waals surface area contributed by atoms with Crippen LogP contribution in [-0.2, 0) is 30.0 Å². The minimum atomic E-state index is -4.15. The molecule has 0 aliphatic rings. The molecule has 0 spiro atoms. The summed E-state index contributed by atoms with van der Waals surface area (Å²) in [6, 6.07) is 15.1. The molecule has 44 heavy (non-hydrogen) atoms. The molecule has 0 radical (unpaired) electrons. The molecular weight excluding hydrogens is 581 g/mol. The first-order chi connectivity index (χ1) is 20.9. The lowest BCUT2D eigenvalue weighted by molar-refractivity contribution is -0.158. The number of hydrogen-bond acceptors (Lipinski definition) is 9. The molecule has 3 atom stereocenters. The molecule has 0 aliphatic heterocycles. The third kappa shape index (κ3) is 7.95. The van der Waals surface area contributed by atoms with Crippen molar-refractivity contribution in [3.63, 3.8) is 0 Å². The predicted octanol–water partition coefficient (Wildman–Crippen LogP) is 6.81. The SMILES string of the molecule is CCOCc1nc2c(N)nc3ccccc3c2n1[C@@H](CC)CO[P@@](=O)(N[C@H](C(=O)OC(C)(C)C)C(C)C)Oc1ccccc1. The highest BCUT2D eigenvalue weighted by Crippen LogP contribution is 2.47. The standard InChI is InChI=1S/C32H44N5O6P/c1-8-22(37-26(20-40-9-2)35-28-29(37)24-17-13-14-18-25(24)34-30(28)33)19-41-44(39,43-23-15-11-10-12-16-23)36-27(21(3)4)31(38)42-32(5,6)7/h10-18,21-22,27H,8-9,19-20H2,1-7H3,(H2,33,34)(H,36,39)/t22-,27-,44-/m0/s1. The Morgan fingerprint density at radius 2 is 1.73 bits per heavy atom. The van der Waals surface area contributed by atoms with Crippen molar-refractivity contribution in [1.29, 1.82) is 0 Å². The smallest absolute Gasteiger partial charge is 0.459 e. The van der Waals surface area contributed by atoms with Gasteiger partial charge in [0, 0.05) is 12.0 Å². The van der Waals surface area contributed by atoms with Gasteiger partial charge >= 0.3 is 13.7 Å². The maximum atomic E-state index is 14.5. The molecule has 0 aliphatic carbocycles. The van der Waals surface area contributed by atoms with Crippen LogP contribution in [0.3, 0.4) is 0 Å². The van der Waals surface area contributed by atoms with Crippen LogP contribution in [0.15, 0.2) is 54.6 Å². The summed E-state index contributed by atoms with van der Waals surface area (Å²) in [7, 11) is -4.15. The Bertz CT molecular complexity index is 1620. The number of nitrogens with zero attached hydrogens (tertiary/aromatic N) is 3. The van der Waals surface area contributed by atoms with E-state index >= 15 is 0 Å². The number of nitrogens with one attached hydrogen (secondary N) is 1. The number of ether oxygens (including phenoxy) is 2. The Kier molecular flexibility index (Phi) is 10.7. The number of anilines is 1. The number of aromatic nitrogens is 3. The van der Waals surface area contributed by atoms with Gasteiger partial charge in [-0.3, -0.25) is 9.32 Å². The van der Waals surface area contributed by atoms with Crippen LogP contribution in [-0.4, -0.2) is 45.4 Å². The van der Waals surface area contributed by atoms with Gasteiger partial charge in [0.15, 0.2) is 5.82 Å². The summed E-state index contributed by atoms with van der Waals surface area (Å²) < 4.78 is 40.1. The Morgan fingerprint density at radius 1 is 1.05 bits per heavy atom. The summed E-state index contributed by atoms with van der Waals surface area (Å²) in [5.74, 6) is 0.457. The number of imidazole rings is 1. The first-order valence-corrected chi connectivity index (χ1v) is 16.5. The maximum absolute atomic E-state index is 14.5. The molecule has 3 N–H and O–H groups in total. The van der Waals surface area contributed by atoms with E-state index in [1.807, 2.05) is 62.6 Å². The second-order valence-electron chi connectivity index (χ2n) is 11.9. The normalized spacial score (nSPS) is 14.9. The third-order valence-electron chi connectivity index (χ3n) is 6.93.